The summed E-state index contributed by atoms with van der Waals surface area (Å²) < 4.78 is 4.72. The van der Waals surface area contributed by atoms with Crippen LogP contribution in [-0.4, -0.2) is 18.2 Å². The topological polar surface area (TPSA) is 38.3 Å². The van der Waals surface area contributed by atoms with E-state index >= 15 is 0 Å². The van der Waals surface area contributed by atoms with Gasteiger partial charge < -0.3 is 10.1 Å². The Morgan fingerprint density at radius 3 is 3.10 bits per heavy atom. The van der Waals surface area contributed by atoms with Gasteiger partial charge in [-0.15, -0.1) is 6.58 Å². The Bertz CT molecular complexity index is 167. The fraction of sp³-hybridized carbons (Fsp3) is 0.571. The van der Waals surface area contributed by atoms with E-state index in [1.54, 1.807) is 6.08 Å². The highest BCUT2D eigenvalue weighted by Crippen LogP contribution is 2.15. The Kier molecular flexibility index (Phi) is 1.66. The first-order valence-corrected chi connectivity index (χ1v) is 3.22. The molecule has 1 aliphatic heterocycles. The molecule has 1 amide bonds. The summed E-state index contributed by atoms with van der Waals surface area (Å²) in [6, 6.07) is 0. The van der Waals surface area contributed by atoms with Crippen LogP contribution in [-0.2, 0) is 4.74 Å². The van der Waals surface area contributed by atoms with Crippen molar-refractivity contribution in [2.45, 2.75) is 18.9 Å². The Labute approximate surface area is 60.1 Å². The van der Waals surface area contributed by atoms with Crippen LogP contribution in [0.3, 0.4) is 0 Å². The zero-order valence-electron chi connectivity index (χ0n) is 6.02. The lowest BCUT2D eigenvalue weighted by Gasteiger charge is -2.17. The van der Waals surface area contributed by atoms with Crippen LogP contribution in [0.15, 0.2) is 12.7 Å². The van der Waals surface area contributed by atoms with Gasteiger partial charge in [-0.2, -0.15) is 0 Å². The van der Waals surface area contributed by atoms with Crippen molar-refractivity contribution in [2.24, 2.45) is 0 Å². The predicted molar refractivity (Wildman–Crippen MR) is 37.7 cm³/mol. The van der Waals surface area contributed by atoms with Crippen molar-refractivity contribution in [3.8, 4) is 0 Å². The molecule has 1 fully saturated rings. The molecule has 10 heavy (non-hydrogen) atoms. The third-order valence-corrected chi connectivity index (χ3v) is 1.52. The first-order chi connectivity index (χ1) is 4.66. The van der Waals surface area contributed by atoms with Crippen molar-refractivity contribution < 1.29 is 9.53 Å². The predicted octanol–water partition coefficient (Wildman–Crippen LogP) is 1.06. The summed E-state index contributed by atoms with van der Waals surface area (Å²) in [6.07, 6.45) is 2.19. The minimum Gasteiger partial charge on any atom is -0.447 e. The average Bonchev–Trinajstić information content (AvgIpc) is 2.12. The number of carbonyl (C=O) groups excluding carboxylic acids is 1. The van der Waals surface area contributed by atoms with E-state index in [0.717, 1.165) is 6.42 Å². The number of rotatable bonds is 2. The van der Waals surface area contributed by atoms with Gasteiger partial charge in [0.05, 0.1) is 5.54 Å². The molecule has 3 heteroatoms. The normalized spacial score (nSPS) is 31.1. The monoisotopic (exact) mass is 141 g/mol. The van der Waals surface area contributed by atoms with Gasteiger partial charge in [0, 0.05) is 0 Å². The molecule has 56 valence electrons. The number of alkyl carbamates (subject to hydrolysis) is 1. The van der Waals surface area contributed by atoms with Gasteiger partial charge in [0.2, 0.25) is 0 Å². The second kappa shape index (κ2) is 2.33. The van der Waals surface area contributed by atoms with Crippen LogP contribution in [0.4, 0.5) is 4.79 Å². The third kappa shape index (κ3) is 1.29. The maximum absolute atomic E-state index is 10.6. The van der Waals surface area contributed by atoms with Crippen molar-refractivity contribution in [3.05, 3.63) is 12.7 Å². The quantitative estimate of drug-likeness (QED) is 0.584. The van der Waals surface area contributed by atoms with Crippen LogP contribution in [0.25, 0.3) is 0 Å². The lowest BCUT2D eigenvalue weighted by Crippen LogP contribution is -2.39. The van der Waals surface area contributed by atoms with E-state index in [9.17, 15) is 4.79 Å². The molecule has 0 radical (unpaired) electrons. The highest BCUT2D eigenvalue weighted by molar-refractivity contribution is 5.70. The average molecular weight is 141 g/mol. The minimum absolute atomic E-state index is 0.223. The maximum atomic E-state index is 10.6. The molecule has 1 heterocycles. The van der Waals surface area contributed by atoms with Crippen molar-refractivity contribution in [1.82, 2.24) is 5.32 Å². The standard InChI is InChI=1S/C7H11NO2/c1-3-4-7(2)5-10-6(9)8-7/h3H,1,4-5H2,2H3,(H,8,9)/t7-/m0/s1. The fourth-order valence-electron chi connectivity index (χ4n) is 0.972. The summed E-state index contributed by atoms with van der Waals surface area (Å²) in [4.78, 5) is 10.6. The molecule has 0 aliphatic carbocycles. The van der Waals surface area contributed by atoms with Crippen molar-refractivity contribution in [2.75, 3.05) is 6.61 Å². The highest BCUT2D eigenvalue weighted by atomic mass is 16.6. The van der Waals surface area contributed by atoms with Gasteiger partial charge in [0.25, 0.3) is 0 Å². The van der Waals surface area contributed by atoms with Crippen LogP contribution in [0, 0.1) is 0 Å². The van der Waals surface area contributed by atoms with Gasteiger partial charge in [-0.1, -0.05) is 6.08 Å². The summed E-state index contributed by atoms with van der Waals surface area (Å²) in [5.74, 6) is 0. The molecule has 1 saturated heterocycles. The number of carbonyl (C=O) groups is 1. The number of hydrogen-bond acceptors (Lipinski definition) is 2. The lowest BCUT2D eigenvalue weighted by atomic mass is 10.0. The molecule has 1 aliphatic rings. The van der Waals surface area contributed by atoms with Crippen LogP contribution < -0.4 is 5.32 Å². The molecular weight excluding hydrogens is 130 g/mol. The molecule has 1 atom stereocenters. The van der Waals surface area contributed by atoms with E-state index in [0.29, 0.717) is 6.61 Å². The summed E-state index contributed by atoms with van der Waals surface area (Å²) in [5.41, 5.74) is -0.223. The Balaban J connectivity index is 2.53. The molecule has 0 saturated carbocycles. The largest absolute Gasteiger partial charge is 0.447 e. The van der Waals surface area contributed by atoms with Gasteiger partial charge in [-0.05, 0) is 13.3 Å². The number of nitrogens with one attached hydrogen (secondary N) is 1. The second-order valence-corrected chi connectivity index (χ2v) is 2.75. The molecule has 0 bridgehead atoms. The molecule has 3 nitrogen and oxygen atoms in total. The molecule has 1 rings (SSSR count). The van der Waals surface area contributed by atoms with E-state index in [4.69, 9.17) is 4.74 Å². The summed E-state index contributed by atoms with van der Waals surface area (Å²) in [7, 11) is 0. The summed E-state index contributed by atoms with van der Waals surface area (Å²) >= 11 is 0. The van der Waals surface area contributed by atoms with Crippen molar-refractivity contribution in [3.63, 3.8) is 0 Å². The fourth-order valence-corrected chi connectivity index (χ4v) is 0.972. The van der Waals surface area contributed by atoms with E-state index in [1.807, 2.05) is 6.92 Å². The lowest BCUT2D eigenvalue weighted by molar-refractivity contribution is 0.173. The van der Waals surface area contributed by atoms with E-state index in [2.05, 4.69) is 11.9 Å². The minimum atomic E-state index is -0.329. The second-order valence-electron chi connectivity index (χ2n) is 2.75. The number of ether oxygens (including phenoxy) is 1. The van der Waals surface area contributed by atoms with Gasteiger partial charge in [0.1, 0.15) is 6.61 Å². The molecule has 0 spiro atoms. The van der Waals surface area contributed by atoms with Crippen LogP contribution in [0.2, 0.25) is 0 Å². The van der Waals surface area contributed by atoms with Gasteiger partial charge in [-0.3, -0.25) is 0 Å². The molecular formula is C7H11NO2. The van der Waals surface area contributed by atoms with Crippen molar-refractivity contribution in [1.29, 1.82) is 0 Å². The van der Waals surface area contributed by atoms with E-state index in [1.165, 1.54) is 0 Å². The van der Waals surface area contributed by atoms with E-state index < -0.39 is 0 Å². The maximum Gasteiger partial charge on any atom is 0.407 e. The molecule has 0 aromatic heterocycles. The first-order valence-electron chi connectivity index (χ1n) is 3.22. The van der Waals surface area contributed by atoms with E-state index in [-0.39, 0.29) is 11.6 Å². The third-order valence-electron chi connectivity index (χ3n) is 1.52. The highest BCUT2D eigenvalue weighted by Gasteiger charge is 2.33. The number of amides is 1. The Morgan fingerprint density at radius 2 is 2.70 bits per heavy atom. The van der Waals surface area contributed by atoms with Gasteiger partial charge >= 0.3 is 6.09 Å². The Morgan fingerprint density at radius 1 is 2.00 bits per heavy atom. The number of cyclic esters (lactones) is 1. The van der Waals surface area contributed by atoms with Gasteiger partial charge in [0.15, 0.2) is 0 Å². The molecule has 0 aromatic carbocycles. The molecule has 1 N–H and O–H groups in total. The molecule has 0 unspecified atom stereocenters. The SMILES string of the molecule is C=CC[C@@]1(C)COC(=O)N1. The first kappa shape index (κ1) is 7.12. The zero-order valence-corrected chi connectivity index (χ0v) is 6.02. The van der Waals surface area contributed by atoms with Gasteiger partial charge in [-0.25, -0.2) is 4.79 Å². The van der Waals surface area contributed by atoms with Crippen LogP contribution in [0.1, 0.15) is 13.3 Å². The van der Waals surface area contributed by atoms with Crippen LogP contribution >= 0.6 is 0 Å². The Hall–Kier alpha value is -0.990. The zero-order chi connectivity index (χ0) is 7.61. The number of hydrogen-bond donors (Lipinski definition) is 1. The summed E-state index contributed by atoms with van der Waals surface area (Å²) in [5, 5.41) is 2.70. The molecule has 0 aromatic rings. The summed E-state index contributed by atoms with van der Waals surface area (Å²) in [6.45, 7) is 5.96. The smallest absolute Gasteiger partial charge is 0.407 e. The van der Waals surface area contributed by atoms with Crippen LogP contribution in [0.5, 0.6) is 0 Å². The van der Waals surface area contributed by atoms with Crippen molar-refractivity contribution >= 4 is 6.09 Å².